The van der Waals surface area contributed by atoms with Crippen molar-refractivity contribution in [3.8, 4) is 0 Å². The minimum absolute atomic E-state index is 0. The SMILES string of the molecule is CC1CN(CC2CCNCC2)CC(CO)O1.Cl. The van der Waals surface area contributed by atoms with Crippen LogP contribution in [-0.2, 0) is 4.74 Å². The molecular weight excluding hydrogens is 240 g/mol. The van der Waals surface area contributed by atoms with Gasteiger partial charge in [-0.1, -0.05) is 0 Å². The fourth-order valence-corrected chi connectivity index (χ4v) is 2.82. The standard InChI is InChI=1S/C12H24N2O2.ClH/c1-10-6-14(8-12(9-15)16-10)7-11-2-4-13-5-3-11;/h10-13,15H,2-9H2,1H3;1H. The van der Waals surface area contributed by atoms with Crippen molar-refractivity contribution in [2.24, 2.45) is 5.92 Å². The van der Waals surface area contributed by atoms with Crippen LogP contribution in [0.4, 0.5) is 0 Å². The van der Waals surface area contributed by atoms with Crippen molar-refractivity contribution in [2.75, 3.05) is 39.3 Å². The minimum Gasteiger partial charge on any atom is -0.394 e. The quantitative estimate of drug-likeness (QED) is 0.779. The average molecular weight is 265 g/mol. The van der Waals surface area contributed by atoms with E-state index < -0.39 is 0 Å². The number of nitrogens with zero attached hydrogens (tertiary/aromatic N) is 1. The van der Waals surface area contributed by atoms with E-state index in [0.29, 0.717) is 0 Å². The van der Waals surface area contributed by atoms with Gasteiger partial charge in [0.15, 0.2) is 0 Å². The molecule has 2 fully saturated rings. The van der Waals surface area contributed by atoms with Gasteiger partial charge in [0.1, 0.15) is 0 Å². The summed E-state index contributed by atoms with van der Waals surface area (Å²) in [6.07, 6.45) is 2.85. The van der Waals surface area contributed by atoms with Crippen LogP contribution in [0.25, 0.3) is 0 Å². The normalized spacial score (nSPS) is 32.1. The molecule has 102 valence electrons. The highest BCUT2D eigenvalue weighted by atomic mass is 35.5. The van der Waals surface area contributed by atoms with Crippen LogP contribution in [-0.4, -0.2) is 61.5 Å². The lowest BCUT2D eigenvalue weighted by molar-refractivity contribution is -0.0983. The van der Waals surface area contributed by atoms with E-state index in [-0.39, 0.29) is 31.2 Å². The van der Waals surface area contributed by atoms with E-state index >= 15 is 0 Å². The second-order valence-corrected chi connectivity index (χ2v) is 5.16. The predicted octanol–water partition coefficient (Wildman–Crippen LogP) is 0.489. The summed E-state index contributed by atoms with van der Waals surface area (Å²) < 4.78 is 5.65. The maximum atomic E-state index is 9.17. The largest absolute Gasteiger partial charge is 0.394 e. The first kappa shape index (κ1) is 15.2. The summed E-state index contributed by atoms with van der Waals surface area (Å²) in [5, 5.41) is 12.6. The third kappa shape index (κ3) is 4.72. The molecule has 2 aliphatic rings. The van der Waals surface area contributed by atoms with Crippen molar-refractivity contribution in [1.29, 1.82) is 0 Å². The van der Waals surface area contributed by atoms with Gasteiger partial charge in [-0.3, -0.25) is 4.90 Å². The van der Waals surface area contributed by atoms with E-state index in [9.17, 15) is 5.11 Å². The number of nitrogens with one attached hydrogen (secondary N) is 1. The molecule has 0 aliphatic carbocycles. The zero-order valence-corrected chi connectivity index (χ0v) is 11.4. The Kier molecular flexibility index (Phi) is 6.74. The first-order chi connectivity index (χ1) is 7.78. The van der Waals surface area contributed by atoms with Crippen LogP contribution >= 0.6 is 12.4 Å². The lowest BCUT2D eigenvalue weighted by Gasteiger charge is -2.38. The van der Waals surface area contributed by atoms with E-state index in [4.69, 9.17) is 4.74 Å². The molecule has 2 atom stereocenters. The number of rotatable bonds is 3. The fourth-order valence-electron chi connectivity index (χ4n) is 2.82. The molecule has 0 aromatic carbocycles. The third-order valence-electron chi connectivity index (χ3n) is 3.58. The molecule has 5 heteroatoms. The molecule has 0 bridgehead atoms. The highest BCUT2D eigenvalue weighted by molar-refractivity contribution is 5.85. The van der Waals surface area contributed by atoms with Crippen molar-refractivity contribution >= 4 is 12.4 Å². The van der Waals surface area contributed by atoms with E-state index in [1.165, 1.54) is 19.4 Å². The summed E-state index contributed by atoms with van der Waals surface area (Å²) in [4.78, 5) is 2.46. The fraction of sp³-hybridized carbons (Fsp3) is 1.00. The molecule has 2 aliphatic heterocycles. The predicted molar refractivity (Wildman–Crippen MR) is 70.7 cm³/mol. The number of aliphatic hydroxyl groups is 1. The van der Waals surface area contributed by atoms with Gasteiger partial charge in [0.25, 0.3) is 0 Å². The van der Waals surface area contributed by atoms with Crippen LogP contribution in [0, 0.1) is 5.92 Å². The molecule has 0 radical (unpaired) electrons. The van der Waals surface area contributed by atoms with Crippen molar-refractivity contribution in [3.05, 3.63) is 0 Å². The van der Waals surface area contributed by atoms with Gasteiger partial charge in [0.2, 0.25) is 0 Å². The molecule has 2 heterocycles. The number of ether oxygens (including phenoxy) is 1. The van der Waals surface area contributed by atoms with Gasteiger partial charge in [0, 0.05) is 19.6 Å². The third-order valence-corrected chi connectivity index (χ3v) is 3.58. The minimum atomic E-state index is 0. The molecule has 0 amide bonds. The first-order valence-corrected chi connectivity index (χ1v) is 6.47. The Morgan fingerprint density at radius 3 is 2.65 bits per heavy atom. The summed E-state index contributed by atoms with van der Waals surface area (Å²) >= 11 is 0. The smallest absolute Gasteiger partial charge is 0.0936 e. The van der Waals surface area contributed by atoms with Gasteiger partial charge >= 0.3 is 0 Å². The summed E-state index contributed by atoms with van der Waals surface area (Å²) in [5.41, 5.74) is 0. The topological polar surface area (TPSA) is 44.7 Å². The molecule has 0 aromatic heterocycles. The Balaban J connectivity index is 0.00000144. The number of morpholine rings is 1. The Bertz CT molecular complexity index is 213. The molecule has 4 nitrogen and oxygen atoms in total. The van der Waals surface area contributed by atoms with Crippen LogP contribution in [0.15, 0.2) is 0 Å². The van der Waals surface area contributed by atoms with Crippen LogP contribution in [0.5, 0.6) is 0 Å². The Morgan fingerprint density at radius 1 is 1.29 bits per heavy atom. The number of piperidine rings is 1. The number of halogens is 1. The van der Waals surface area contributed by atoms with Crippen LogP contribution in [0.2, 0.25) is 0 Å². The highest BCUT2D eigenvalue weighted by Crippen LogP contribution is 2.17. The molecular formula is C12H25ClN2O2. The van der Waals surface area contributed by atoms with Gasteiger partial charge in [0.05, 0.1) is 18.8 Å². The Hall–Kier alpha value is 0.130. The second-order valence-electron chi connectivity index (χ2n) is 5.16. The maximum absolute atomic E-state index is 9.17. The van der Waals surface area contributed by atoms with Crippen LogP contribution < -0.4 is 5.32 Å². The molecule has 2 N–H and O–H groups in total. The molecule has 0 aromatic rings. The summed E-state index contributed by atoms with van der Waals surface area (Å²) in [7, 11) is 0. The Morgan fingerprint density at radius 2 is 2.00 bits per heavy atom. The van der Waals surface area contributed by atoms with Crippen LogP contribution in [0.3, 0.4) is 0 Å². The summed E-state index contributed by atoms with van der Waals surface area (Å²) in [6, 6.07) is 0. The van der Waals surface area contributed by atoms with E-state index in [0.717, 1.165) is 32.1 Å². The zero-order valence-electron chi connectivity index (χ0n) is 10.6. The average Bonchev–Trinajstić information content (AvgIpc) is 2.29. The molecule has 0 saturated carbocycles. The number of aliphatic hydroxyl groups excluding tert-OH is 1. The monoisotopic (exact) mass is 264 g/mol. The number of hydrogen-bond acceptors (Lipinski definition) is 4. The van der Waals surface area contributed by atoms with Gasteiger partial charge in [-0.25, -0.2) is 0 Å². The molecule has 2 saturated heterocycles. The number of hydrogen-bond donors (Lipinski definition) is 2. The lowest BCUT2D eigenvalue weighted by Crippen LogP contribution is -2.50. The lowest BCUT2D eigenvalue weighted by atomic mass is 9.97. The first-order valence-electron chi connectivity index (χ1n) is 6.47. The molecule has 17 heavy (non-hydrogen) atoms. The highest BCUT2D eigenvalue weighted by Gasteiger charge is 2.26. The van der Waals surface area contributed by atoms with Gasteiger partial charge in [-0.2, -0.15) is 0 Å². The van der Waals surface area contributed by atoms with Crippen molar-refractivity contribution in [1.82, 2.24) is 10.2 Å². The van der Waals surface area contributed by atoms with Crippen molar-refractivity contribution < 1.29 is 9.84 Å². The molecule has 0 spiro atoms. The Labute approximate surface area is 110 Å². The van der Waals surface area contributed by atoms with Gasteiger partial charge in [-0.15, -0.1) is 12.4 Å². The summed E-state index contributed by atoms with van der Waals surface area (Å²) in [5.74, 6) is 0.825. The van der Waals surface area contributed by atoms with E-state index in [1.807, 2.05) is 0 Å². The van der Waals surface area contributed by atoms with Crippen molar-refractivity contribution in [2.45, 2.75) is 32.0 Å². The molecule has 2 rings (SSSR count). The van der Waals surface area contributed by atoms with Gasteiger partial charge < -0.3 is 15.2 Å². The summed E-state index contributed by atoms with van der Waals surface area (Å²) in [6.45, 7) is 7.64. The van der Waals surface area contributed by atoms with E-state index in [1.54, 1.807) is 0 Å². The van der Waals surface area contributed by atoms with E-state index in [2.05, 4.69) is 17.1 Å². The van der Waals surface area contributed by atoms with Gasteiger partial charge in [-0.05, 0) is 38.8 Å². The maximum Gasteiger partial charge on any atom is 0.0936 e. The van der Waals surface area contributed by atoms with Crippen molar-refractivity contribution in [3.63, 3.8) is 0 Å². The second kappa shape index (κ2) is 7.54. The zero-order chi connectivity index (χ0) is 11.4. The molecule has 2 unspecified atom stereocenters. The van der Waals surface area contributed by atoms with Crippen LogP contribution in [0.1, 0.15) is 19.8 Å².